The van der Waals surface area contributed by atoms with E-state index < -0.39 is 0 Å². The molecule has 1 saturated carbocycles. The SMILES string of the molecule is COc1ccccc1NC(=O)NCc1nnnn1C1CCCC1. The molecule has 0 aliphatic heterocycles. The first-order valence-corrected chi connectivity index (χ1v) is 7.72. The molecule has 0 bridgehead atoms. The van der Waals surface area contributed by atoms with Gasteiger partial charge in [-0.1, -0.05) is 25.0 Å². The number of benzene rings is 1. The van der Waals surface area contributed by atoms with Crippen LogP contribution < -0.4 is 15.4 Å². The van der Waals surface area contributed by atoms with Crippen molar-refractivity contribution in [3.05, 3.63) is 30.1 Å². The van der Waals surface area contributed by atoms with Crippen LogP contribution in [0.3, 0.4) is 0 Å². The van der Waals surface area contributed by atoms with Gasteiger partial charge in [-0.15, -0.1) is 5.10 Å². The molecule has 3 rings (SSSR count). The first-order chi connectivity index (χ1) is 11.3. The first-order valence-electron chi connectivity index (χ1n) is 7.72. The Bertz CT molecular complexity index is 665. The number of tetrazole rings is 1. The Morgan fingerprint density at radius 2 is 2.13 bits per heavy atom. The van der Waals surface area contributed by atoms with Crippen molar-refractivity contribution in [1.29, 1.82) is 0 Å². The van der Waals surface area contributed by atoms with Gasteiger partial charge in [0.05, 0.1) is 25.4 Å². The lowest BCUT2D eigenvalue weighted by molar-refractivity contribution is 0.251. The highest BCUT2D eigenvalue weighted by Crippen LogP contribution is 2.29. The van der Waals surface area contributed by atoms with Gasteiger partial charge in [-0.05, 0) is 35.4 Å². The molecule has 1 aliphatic carbocycles. The van der Waals surface area contributed by atoms with Crippen LogP contribution in [0, 0.1) is 0 Å². The number of anilines is 1. The summed E-state index contributed by atoms with van der Waals surface area (Å²) in [5.74, 6) is 1.28. The summed E-state index contributed by atoms with van der Waals surface area (Å²) in [4.78, 5) is 12.1. The van der Waals surface area contributed by atoms with Gasteiger partial charge in [0, 0.05) is 0 Å². The zero-order chi connectivity index (χ0) is 16.1. The highest BCUT2D eigenvalue weighted by molar-refractivity contribution is 5.90. The molecule has 122 valence electrons. The Balaban J connectivity index is 1.58. The van der Waals surface area contributed by atoms with Crippen LogP contribution >= 0.6 is 0 Å². The van der Waals surface area contributed by atoms with Gasteiger partial charge >= 0.3 is 6.03 Å². The van der Waals surface area contributed by atoms with Crippen molar-refractivity contribution in [3.63, 3.8) is 0 Å². The molecule has 0 radical (unpaired) electrons. The molecule has 2 N–H and O–H groups in total. The molecule has 2 amide bonds. The van der Waals surface area contributed by atoms with Crippen molar-refractivity contribution < 1.29 is 9.53 Å². The average molecular weight is 316 g/mol. The lowest BCUT2D eigenvalue weighted by Gasteiger charge is -2.13. The molecule has 1 heterocycles. The summed E-state index contributed by atoms with van der Waals surface area (Å²) in [6.07, 6.45) is 4.58. The third kappa shape index (κ3) is 3.58. The molecule has 1 fully saturated rings. The summed E-state index contributed by atoms with van der Waals surface area (Å²) in [7, 11) is 1.56. The number of carbonyl (C=O) groups excluding carboxylic acids is 1. The fourth-order valence-electron chi connectivity index (χ4n) is 2.83. The Hall–Kier alpha value is -2.64. The lowest BCUT2D eigenvalue weighted by Crippen LogP contribution is -2.30. The second-order valence-corrected chi connectivity index (χ2v) is 5.49. The number of urea groups is 1. The smallest absolute Gasteiger partial charge is 0.319 e. The van der Waals surface area contributed by atoms with Crippen molar-refractivity contribution in [2.24, 2.45) is 0 Å². The highest BCUT2D eigenvalue weighted by Gasteiger charge is 2.21. The minimum absolute atomic E-state index is 0.282. The number of nitrogens with one attached hydrogen (secondary N) is 2. The molecule has 8 heteroatoms. The van der Waals surface area contributed by atoms with Crippen LogP contribution in [-0.4, -0.2) is 33.3 Å². The zero-order valence-corrected chi connectivity index (χ0v) is 13.0. The molecule has 0 unspecified atom stereocenters. The standard InChI is InChI=1S/C15H20N6O2/c1-23-13-9-5-4-8-12(13)17-15(22)16-10-14-18-19-20-21(14)11-6-2-3-7-11/h4-5,8-9,11H,2-3,6-7,10H2,1H3,(H2,16,17,22). The van der Waals surface area contributed by atoms with E-state index in [0.29, 0.717) is 23.3 Å². The Kier molecular flexibility index (Phi) is 4.70. The van der Waals surface area contributed by atoms with E-state index in [1.54, 1.807) is 19.2 Å². The van der Waals surface area contributed by atoms with Gasteiger partial charge in [0.2, 0.25) is 0 Å². The number of methoxy groups -OCH3 is 1. The van der Waals surface area contributed by atoms with Crippen LogP contribution in [0.1, 0.15) is 37.5 Å². The molecular formula is C15H20N6O2. The number of carbonyl (C=O) groups is 1. The van der Waals surface area contributed by atoms with Crippen LogP contribution in [0.25, 0.3) is 0 Å². The first kappa shape index (κ1) is 15.3. The topological polar surface area (TPSA) is 94.0 Å². The summed E-state index contributed by atoms with van der Waals surface area (Å²) in [5, 5.41) is 17.3. The van der Waals surface area contributed by atoms with Gasteiger partial charge < -0.3 is 15.4 Å². The second-order valence-electron chi connectivity index (χ2n) is 5.49. The maximum atomic E-state index is 12.1. The van der Waals surface area contributed by atoms with E-state index in [2.05, 4.69) is 26.2 Å². The molecule has 8 nitrogen and oxygen atoms in total. The number of aromatic nitrogens is 4. The van der Waals surface area contributed by atoms with Gasteiger partial charge in [-0.2, -0.15) is 0 Å². The quantitative estimate of drug-likeness (QED) is 0.881. The molecule has 2 aromatic rings. The molecule has 1 aromatic carbocycles. The van der Waals surface area contributed by atoms with E-state index in [1.807, 2.05) is 16.8 Å². The fraction of sp³-hybridized carbons (Fsp3) is 0.467. The van der Waals surface area contributed by atoms with Crippen LogP contribution in [0.15, 0.2) is 24.3 Å². The molecular weight excluding hydrogens is 296 g/mol. The predicted molar refractivity (Wildman–Crippen MR) is 84.2 cm³/mol. The summed E-state index contributed by atoms with van der Waals surface area (Å²) in [6.45, 7) is 0.282. The van der Waals surface area contributed by atoms with Gasteiger partial charge in [-0.25, -0.2) is 9.48 Å². The maximum absolute atomic E-state index is 12.1. The largest absolute Gasteiger partial charge is 0.495 e. The fourth-order valence-corrected chi connectivity index (χ4v) is 2.83. The van der Waals surface area contributed by atoms with E-state index in [-0.39, 0.29) is 12.6 Å². The third-order valence-corrected chi connectivity index (χ3v) is 3.99. The monoisotopic (exact) mass is 316 g/mol. The molecule has 23 heavy (non-hydrogen) atoms. The number of para-hydroxylation sites is 2. The van der Waals surface area contributed by atoms with Crippen molar-refractivity contribution in [2.45, 2.75) is 38.3 Å². The number of ether oxygens (including phenoxy) is 1. The van der Waals surface area contributed by atoms with Crippen LogP contribution in [0.2, 0.25) is 0 Å². The Labute approximate surface area is 134 Å². The zero-order valence-electron chi connectivity index (χ0n) is 13.0. The summed E-state index contributed by atoms with van der Waals surface area (Å²) < 4.78 is 7.03. The number of nitrogens with zero attached hydrogens (tertiary/aromatic N) is 4. The Morgan fingerprint density at radius 3 is 2.91 bits per heavy atom. The van der Waals surface area contributed by atoms with Crippen LogP contribution in [-0.2, 0) is 6.54 Å². The van der Waals surface area contributed by atoms with Gasteiger partial charge in [0.1, 0.15) is 5.75 Å². The lowest BCUT2D eigenvalue weighted by atomic mass is 10.2. The number of hydrogen-bond acceptors (Lipinski definition) is 5. The van der Waals surface area contributed by atoms with E-state index in [9.17, 15) is 4.79 Å². The average Bonchev–Trinajstić information content (AvgIpc) is 3.24. The van der Waals surface area contributed by atoms with Crippen LogP contribution in [0.4, 0.5) is 10.5 Å². The van der Waals surface area contributed by atoms with Crippen molar-refractivity contribution in [2.75, 3.05) is 12.4 Å². The van der Waals surface area contributed by atoms with Crippen molar-refractivity contribution in [3.8, 4) is 5.75 Å². The van der Waals surface area contributed by atoms with Gasteiger partial charge in [0.15, 0.2) is 5.82 Å². The molecule has 1 aliphatic rings. The number of amides is 2. The highest BCUT2D eigenvalue weighted by atomic mass is 16.5. The molecule has 0 spiro atoms. The van der Waals surface area contributed by atoms with E-state index in [4.69, 9.17) is 4.74 Å². The predicted octanol–water partition coefficient (Wildman–Crippen LogP) is 2.12. The van der Waals surface area contributed by atoms with Crippen molar-refractivity contribution >= 4 is 11.7 Å². The number of rotatable bonds is 5. The molecule has 1 aromatic heterocycles. The normalized spacial score (nSPS) is 14.7. The van der Waals surface area contributed by atoms with E-state index in [0.717, 1.165) is 12.8 Å². The Morgan fingerprint density at radius 1 is 1.35 bits per heavy atom. The minimum Gasteiger partial charge on any atom is -0.495 e. The summed E-state index contributed by atoms with van der Waals surface area (Å²) in [6, 6.07) is 7.27. The van der Waals surface area contributed by atoms with E-state index >= 15 is 0 Å². The summed E-state index contributed by atoms with van der Waals surface area (Å²) >= 11 is 0. The summed E-state index contributed by atoms with van der Waals surface area (Å²) in [5.41, 5.74) is 0.614. The second kappa shape index (κ2) is 7.08. The van der Waals surface area contributed by atoms with E-state index in [1.165, 1.54) is 12.8 Å². The minimum atomic E-state index is -0.324. The maximum Gasteiger partial charge on any atom is 0.319 e. The van der Waals surface area contributed by atoms with Crippen molar-refractivity contribution in [1.82, 2.24) is 25.5 Å². The third-order valence-electron chi connectivity index (χ3n) is 3.99. The number of hydrogen-bond donors (Lipinski definition) is 2. The molecule has 0 saturated heterocycles. The van der Waals surface area contributed by atoms with Gasteiger partial charge in [-0.3, -0.25) is 0 Å². The van der Waals surface area contributed by atoms with Crippen LogP contribution in [0.5, 0.6) is 5.75 Å². The molecule has 0 atom stereocenters. The van der Waals surface area contributed by atoms with Gasteiger partial charge in [0.25, 0.3) is 0 Å².